The third-order valence-electron chi connectivity index (χ3n) is 4.83. The van der Waals surface area contributed by atoms with Crippen LogP contribution in [0.2, 0.25) is 0 Å². The molecule has 0 saturated carbocycles. The molecule has 0 aromatic heterocycles. The van der Waals surface area contributed by atoms with E-state index < -0.39 is 27.9 Å². The second-order valence-electron chi connectivity index (χ2n) is 7.18. The summed E-state index contributed by atoms with van der Waals surface area (Å²) in [4.78, 5) is 23.7. The molecule has 9 heteroatoms. The number of hydrogen-bond acceptors (Lipinski definition) is 5. The van der Waals surface area contributed by atoms with Crippen LogP contribution in [0, 0.1) is 11.3 Å². The number of sulfonamides is 1. The first-order chi connectivity index (χ1) is 15.8. The van der Waals surface area contributed by atoms with Gasteiger partial charge >= 0.3 is 5.97 Å². The van der Waals surface area contributed by atoms with Crippen molar-refractivity contribution in [3.63, 3.8) is 0 Å². The molecule has 0 saturated heterocycles. The zero-order chi connectivity index (χ0) is 23.8. The van der Waals surface area contributed by atoms with E-state index in [4.69, 9.17) is 5.26 Å². The second kappa shape index (κ2) is 10.5. The molecule has 8 nitrogen and oxygen atoms in total. The molecule has 3 rings (SSSR count). The zero-order valence-electron chi connectivity index (χ0n) is 17.4. The van der Waals surface area contributed by atoms with E-state index >= 15 is 0 Å². The summed E-state index contributed by atoms with van der Waals surface area (Å²) < 4.78 is 27.5. The maximum Gasteiger partial charge on any atom is 0.321 e. The number of carbonyl (C=O) groups is 2. The molecule has 0 fully saturated rings. The third kappa shape index (κ3) is 6.49. The summed E-state index contributed by atoms with van der Waals surface area (Å²) in [5, 5.41) is 20.8. The second-order valence-corrected chi connectivity index (χ2v) is 8.89. The summed E-state index contributed by atoms with van der Waals surface area (Å²) in [5.41, 5.74) is 2.63. The topological polar surface area (TPSA) is 136 Å². The molecule has 0 aliphatic rings. The molecule has 0 radical (unpaired) electrons. The van der Waals surface area contributed by atoms with Crippen LogP contribution < -0.4 is 10.0 Å². The molecule has 3 N–H and O–H groups in total. The smallest absolute Gasteiger partial charge is 0.321 e. The minimum absolute atomic E-state index is 0.0736. The standard InChI is InChI=1S/C24H21N3O5S/c25-16-17-6-10-20(11-7-17)26-23(28)15-14-22(24(29)30)27-33(31,32)21-12-8-19(9-13-21)18-4-2-1-3-5-18/h1-13,22,27H,14-15H2,(H,26,28)(H,29,30)/t22-/m0/s1. The van der Waals surface area contributed by atoms with Crippen molar-refractivity contribution in [2.75, 3.05) is 5.32 Å². The first-order valence-corrected chi connectivity index (χ1v) is 11.5. The minimum Gasteiger partial charge on any atom is -0.480 e. The summed E-state index contributed by atoms with van der Waals surface area (Å²) >= 11 is 0. The highest BCUT2D eigenvalue weighted by Crippen LogP contribution is 2.21. The number of aliphatic carboxylic acids is 1. The molecule has 1 amide bonds. The van der Waals surface area contributed by atoms with Gasteiger partial charge in [0.25, 0.3) is 0 Å². The van der Waals surface area contributed by atoms with Crippen LogP contribution in [0.5, 0.6) is 0 Å². The molecule has 3 aromatic carbocycles. The van der Waals surface area contributed by atoms with Gasteiger partial charge in [-0.2, -0.15) is 9.98 Å². The minimum atomic E-state index is -4.11. The number of amides is 1. The Bertz CT molecular complexity index is 1270. The van der Waals surface area contributed by atoms with Crippen molar-refractivity contribution in [3.05, 3.63) is 84.4 Å². The van der Waals surface area contributed by atoms with Crippen LogP contribution in [0.25, 0.3) is 11.1 Å². The van der Waals surface area contributed by atoms with Crippen LogP contribution in [-0.4, -0.2) is 31.4 Å². The maximum absolute atomic E-state index is 12.7. The monoisotopic (exact) mass is 463 g/mol. The number of benzene rings is 3. The number of carboxylic acid groups (broad SMARTS) is 1. The number of anilines is 1. The molecule has 0 unspecified atom stereocenters. The number of nitrogens with one attached hydrogen (secondary N) is 2. The average Bonchev–Trinajstić information content (AvgIpc) is 2.82. The van der Waals surface area contributed by atoms with E-state index in [0.29, 0.717) is 11.3 Å². The van der Waals surface area contributed by atoms with Gasteiger partial charge in [-0.15, -0.1) is 0 Å². The fourth-order valence-corrected chi connectivity index (χ4v) is 4.30. The lowest BCUT2D eigenvalue weighted by Gasteiger charge is -2.15. The van der Waals surface area contributed by atoms with Crippen molar-refractivity contribution < 1.29 is 23.1 Å². The van der Waals surface area contributed by atoms with Crippen LogP contribution >= 0.6 is 0 Å². The van der Waals surface area contributed by atoms with Gasteiger partial charge in [0.2, 0.25) is 15.9 Å². The van der Waals surface area contributed by atoms with Crippen LogP contribution in [0.15, 0.2) is 83.8 Å². The number of hydrogen-bond donors (Lipinski definition) is 3. The predicted octanol–water partition coefficient (Wildman–Crippen LogP) is 3.38. The van der Waals surface area contributed by atoms with E-state index in [1.165, 1.54) is 24.3 Å². The third-order valence-corrected chi connectivity index (χ3v) is 6.31. The first-order valence-electron chi connectivity index (χ1n) is 9.99. The number of nitrogens with zero attached hydrogens (tertiary/aromatic N) is 1. The van der Waals surface area contributed by atoms with Gasteiger partial charge in [0.05, 0.1) is 16.5 Å². The van der Waals surface area contributed by atoms with Gasteiger partial charge in [-0.3, -0.25) is 9.59 Å². The molecule has 3 aromatic rings. The van der Waals surface area contributed by atoms with E-state index in [1.807, 2.05) is 36.4 Å². The van der Waals surface area contributed by atoms with Crippen molar-refractivity contribution in [2.45, 2.75) is 23.8 Å². The van der Waals surface area contributed by atoms with E-state index in [0.717, 1.165) is 11.1 Å². The van der Waals surface area contributed by atoms with Crippen LogP contribution in [0.1, 0.15) is 18.4 Å². The Labute approximate surface area is 191 Å². The molecule has 0 bridgehead atoms. The zero-order valence-corrected chi connectivity index (χ0v) is 18.2. The Kier molecular flexibility index (Phi) is 7.56. The Balaban J connectivity index is 1.62. The molecule has 0 heterocycles. The van der Waals surface area contributed by atoms with Gasteiger partial charge in [0, 0.05) is 12.1 Å². The Morgan fingerprint density at radius 1 is 0.909 bits per heavy atom. The van der Waals surface area contributed by atoms with Crippen LogP contribution in [-0.2, 0) is 19.6 Å². The number of carbonyl (C=O) groups excluding carboxylic acids is 1. The van der Waals surface area contributed by atoms with Gasteiger partial charge in [0.15, 0.2) is 0 Å². The van der Waals surface area contributed by atoms with E-state index in [9.17, 15) is 23.1 Å². The summed E-state index contributed by atoms with van der Waals surface area (Å²) in [6.45, 7) is 0. The molecule has 0 aliphatic carbocycles. The van der Waals surface area contributed by atoms with Crippen LogP contribution in [0.3, 0.4) is 0 Å². The summed E-state index contributed by atoms with van der Waals surface area (Å²) in [6.07, 6.45) is -0.453. The quantitative estimate of drug-likeness (QED) is 0.445. The highest BCUT2D eigenvalue weighted by atomic mass is 32.2. The van der Waals surface area contributed by atoms with Gasteiger partial charge in [-0.25, -0.2) is 8.42 Å². The molecular formula is C24H21N3O5S. The van der Waals surface area contributed by atoms with Gasteiger partial charge < -0.3 is 10.4 Å². The lowest BCUT2D eigenvalue weighted by Crippen LogP contribution is -2.41. The summed E-state index contributed by atoms with van der Waals surface area (Å²) in [6, 6.07) is 22.2. The highest BCUT2D eigenvalue weighted by molar-refractivity contribution is 7.89. The van der Waals surface area contributed by atoms with E-state index in [2.05, 4.69) is 10.0 Å². The number of nitriles is 1. The molecule has 168 valence electrons. The normalized spacial score (nSPS) is 11.8. The Hall–Kier alpha value is -4.00. The van der Waals surface area contributed by atoms with Crippen molar-refractivity contribution in [3.8, 4) is 17.2 Å². The van der Waals surface area contributed by atoms with Gasteiger partial charge in [0.1, 0.15) is 6.04 Å². The molecule has 33 heavy (non-hydrogen) atoms. The van der Waals surface area contributed by atoms with Crippen molar-refractivity contribution in [2.24, 2.45) is 0 Å². The van der Waals surface area contributed by atoms with Crippen molar-refractivity contribution in [1.82, 2.24) is 4.72 Å². The summed E-state index contributed by atoms with van der Waals surface area (Å²) in [7, 11) is -4.11. The average molecular weight is 464 g/mol. The fourth-order valence-electron chi connectivity index (χ4n) is 3.07. The van der Waals surface area contributed by atoms with Gasteiger partial charge in [-0.1, -0.05) is 42.5 Å². The molecule has 0 aliphatic heterocycles. The Morgan fingerprint density at radius 2 is 1.52 bits per heavy atom. The summed E-state index contributed by atoms with van der Waals surface area (Å²) in [5.74, 6) is -1.86. The lowest BCUT2D eigenvalue weighted by atomic mass is 10.1. The number of rotatable bonds is 9. The predicted molar refractivity (Wildman–Crippen MR) is 123 cm³/mol. The SMILES string of the molecule is N#Cc1ccc(NC(=O)CC[C@H](NS(=O)(=O)c2ccc(-c3ccccc3)cc2)C(=O)O)cc1. The molecular weight excluding hydrogens is 442 g/mol. The lowest BCUT2D eigenvalue weighted by molar-refractivity contribution is -0.139. The van der Waals surface area contributed by atoms with Gasteiger partial charge in [-0.05, 0) is 53.9 Å². The largest absolute Gasteiger partial charge is 0.480 e. The molecule has 0 spiro atoms. The van der Waals surface area contributed by atoms with Crippen molar-refractivity contribution in [1.29, 1.82) is 5.26 Å². The van der Waals surface area contributed by atoms with E-state index in [1.54, 1.807) is 24.3 Å². The highest BCUT2D eigenvalue weighted by Gasteiger charge is 2.26. The number of carboxylic acids is 1. The van der Waals surface area contributed by atoms with Crippen LogP contribution in [0.4, 0.5) is 5.69 Å². The maximum atomic E-state index is 12.7. The molecule has 1 atom stereocenters. The van der Waals surface area contributed by atoms with Crippen molar-refractivity contribution >= 4 is 27.6 Å². The first kappa shape index (κ1) is 23.7. The van der Waals surface area contributed by atoms with E-state index in [-0.39, 0.29) is 17.7 Å². The fraction of sp³-hybridized carbons (Fsp3) is 0.125. The Morgan fingerprint density at radius 3 is 2.09 bits per heavy atom.